The summed E-state index contributed by atoms with van der Waals surface area (Å²) >= 11 is 0. The number of carbonyl (C=O) groups excluding carboxylic acids is 1. The second kappa shape index (κ2) is 7.67. The SMILES string of the molecule is Cc1ccc(S(=O)(=O)NC(=O)OCC=C=CC(C)C)cc1. The van der Waals surface area contributed by atoms with Gasteiger partial charge in [0.1, 0.15) is 6.61 Å². The molecule has 1 rings (SSSR count). The Morgan fingerprint density at radius 2 is 1.95 bits per heavy atom. The summed E-state index contributed by atoms with van der Waals surface area (Å²) in [5.41, 5.74) is 3.77. The molecule has 1 aromatic carbocycles. The lowest BCUT2D eigenvalue weighted by Crippen LogP contribution is -2.31. The first-order chi connectivity index (χ1) is 9.81. The van der Waals surface area contributed by atoms with Crippen molar-refractivity contribution in [3.8, 4) is 0 Å². The monoisotopic (exact) mass is 309 g/mol. The zero-order chi connectivity index (χ0) is 15.9. The first-order valence-electron chi connectivity index (χ1n) is 6.48. The lowest BCUT2D eigenvalue weighted by molar-refractivity contribution is 0.165. The highest BCUT2D eigenvalue weighted by Crippen LogP contribution is 2.09. The van der Waals surface area contributed by atoms with Crippen LogP contribution in [0.2, 0.25) is 0 Å². The van der Waals surface area contributed by atoms with Crippen LogP contribution >= 0.6 is 0 Å². The minimum Gasteiger partial charge on any atom is -0.444 e. The Balaban J connectivity index is 2.58. The normalized spacial score (nSPS) is 10.7. The molecule has 0 spiro atoms. The average Bonchev–Trinajstić information content (AvgIpc) is 2.37. The van der Waals surface area contributed by atoms with Crippen molar-refractivity contribution in [2.45, 2.75) is 25.7 Å². The number of ether oxygens (including phenoxy) is 1. The minimum absolute atomic E-state index is 0.0142. The minimum atomic E-state index is -3.90. The van der Waals surface area contributed by atoms with Crippen molar-refractivity contribution < 1.29 is 17.9 Å². The van der Waals surface area contributed by atoms with Gasteiger partial charge in [-0.05, 0) is 37.1 Å². The number of aryl methyl sites for hydroxylation is 1. The zero-order valence-corrected chi connectivity index (χ0v) is 13.1. The van der Waals surface area contributed by atoms with Gasteiger partial charge in [0.15, 0.2) is 0 Å². The second-order valence-electron chi connectivity index (χ2n) is 4.80. The van der Waals surface area contributed by atoms with Crippen LogP contribution in [0.15, 0.2) is 47.0 Å². The molecule has 0 aliphatic carbocycles. The van der Waals surface area contributed by atoms with Crippen molar-refractivity contribution in [1.29, 1.82) is 0 Å². The molecule has 0 heterocycles. The van der Waals surface area contributed by atoms with Gasteiger partial charge >= 0.3 is 6.09 Å². The quantitative estimate of drug-likeness (QED) is 0.849. The third kappa shape index (κ3) is 6.29. The van der Waals surface area contributed by atoms with Gasteiger partial charge < -0.3 is 4.74 Å². The molecule has 5 nitrogen and oxygen atoms in total. The van der Waals surface area contributed by atoms with Crippen molar-refractivity contribution in [1.82, 2.24) is 4.72 Å². The van der Waals surface area contributed by atoms with Crippen molar-refractivity contribution in [3.63, 3.8) is 0 Å². The zero-order valence-electron chi connectivity index (χ0n) is 12.3. The molecule has 0 bridgehead atoms. The maximum absolute atomic E-state index is 11.9. The Morgan fingerprint density at radius 1 is 1.33 bits per heavy atom. The van der Waals surface area contributed by atoms with Crippen LogP contribution in [-0.2, 0) is 14.8 Å². The van der Waals surface area contributed by atoms with Crippen LogP contribution in [0.5, 0.6) is 0 Å². The topological polar surface area (TPSA) is 72.5 Å². The van der Waals surface area contributed by atoms with E-state index in [1.165, 1.54) is 18.2 Å². The summed E-state index contributed by atoms with van der Waals surface area (Å²) in [5, 5.41) is 0. The third-order valence-corrected chi connectivity index (χ3v) is 3.72. The Morgan fingerprint density at radius 3 is 2.52 bits per heavy atom. The van der Waals surface area contributed by atoms with E-state index in [0.717, 1.165) is 5.56 Å². The highest BCUT2D eigenvalue weighted by Gasteiger charge is 2.17. The molecule has 0 fully saturated rings. The fourth-order valence-electron chi connectivity index (χ4n) is 1.34. The largest absolute Gasteiger partial charge is 0.444 e. The van der Waals surface area contributed by atoms with Gasteiger partial charge in [0.05, 0.1) is 4.90 Å². The van der Waals surface area contributed by atoms with Crippen LogP contribution in [0.3, 0.4) is 0 Å². The molecule has 0 aliphatic heterocycles. The van der Waals surface area contributed by atoms with E-state index in [2.05, 4.69) is 5.73 Å². The molecule has 1 aromatic rings. The Labute approximate surface area is 125 Å². The van der Waals surface area contributed by atoms with E-state index in [4.69, 9.17) is 4.74 Å². The lowest BCUT2D eigenvalue weighted by Gasteiger charge is -2.06. The fourth-order valence-corrected chi connectivity index (χ4v) is 2.23. The molecule has 0 saturated heterocycles. The van der Waals surface area contributed by atoms with Gasteiger partial charge in [-0.2, -0.15) is 0 Å². The lowest BCUT2D eigenvalue weighted by atomic mass is 10.2. The van der Waals surface area contributed by atoms with E-state index in [0.29, 0.717) is 5.92 Å². The molecule has 21 heavy (non-hydrogen) atoms. The summed E-state index contributed by atoms with van der Waals surface area (Å²) in [6.45, 7) is 5.78. The van der Waals surface area contributed by atoms with Crippen LogP contribution in [-0.4, -0.2) is 21.1 Å². The number of hydrogen-bond acceptors (Lipinski definition) is 4. The van der Waals surface area contributed by atoms with E-state index in [9.17, 15) is 13.2 Å². The molecule has 1 amide bonds. The number of carbonyl (C=O) groups is 1. The van der Waals surface area contributed by atoms with Crippen LogP contribution in [0, 0.1) is 12.8 Å². The first-order valence-corrected chi connectivity index (χ1v) is 7.97. The number of hydrogen-bond donors (Lipinski definition) is 1. The summed E-state index contributed by atoms with van der Waals surface area (Å²) in [5.74, 6) is 0.344. The van der Waals surface area contributed by atoms with Crippen molar-refractivity contribution >= 4 is 16.1 Å². The first kappa shape index (κ1) is 17.0. The molecule has 0 aromatic heterocycles. The van der Waals surface area contributed by atoms with Gasteiger partial charge in [-0.25, -0.2) is 17.9 Å². The Bertz CT molecular complexity index is 639. The molecule has 1 N–H and O–H groups in total. The van der Waals surface area contributed by atoms with Gasteiger partial charge in [-0.15, -0.1) is 5.73 Å². The Hall–Kier alpha value is -2.04. The number of rotatable bonds is 5. The van der Waals surface area contributed by atoms with Gasteiger partial charge in [0.25, 0.3) is 10.0 Å². The summed E-state index contributed by atoms with van der Waals surface area (Å²) in [7, 11) is -3.90. The van der Waals surface area contributed by atoms with Crippen LogP contribution < -0.4 is 4.72 Å². The van der Waals surface area contributed by atoms with E-state index in [-0.39, 0.29) is 11.5 Å². The van der Waals surface area contributed by atoms with Crippen molar-refractivity contribution in [2.75, 3.05) is 6.61 Å². The van der Waals surface area contributed by atoms with E-state index < -0.39 is 16.1 Å². The number of benzene rings is 1. The standard InChI is InChI=1S/C15H19NO4S/c1-12(2)6-4-5-11-20-15(17)16-21(18,19)14-9-7-13(3)8-10-14/h5-10,12H,11H2,1-3H3,(H,16,17). The molecule has 114 valence electrons. The molecular weight excluding hydrogens is 290 g/mol. The summed E-state index contributed by atoms with van der Waals surface area (Å²) < 4.78 is 30.4. The second-order valence-corrected chi connectivity index (χ2v) is 6.48. The van der Waals surface area contributed by atoms with E-state index in [1.54, 1.807) is 12.1 Å². The molecule has 0 aliphatic rings. The molecule has 6 heteroatoms. The third-order valence-electron chi connectivity index (χ3n) is 2.39. The van der Waals surface area contributed by atoms with E-state index >= 15 is 0 Å². The average molecular weight is 309 g/mol. The molecule has 0 atom stereocenters. The molecule has 0 radical (unpaired) electrons. The highest BCUT2D eigenvalue weighted by atomic mass is 32.2. The number of sulfonamides is 1. The summed E-state index contributed by atoms with van der Waals surface area (Å²) in [6.07, 6.45) is 2.31. The van der Waals surface area contributed by atoms with Gasteiger partial charge in [0, 0.05) is 0 Å². The van der Waals surface area contributed by atoms with Gasteiger partial charge in [0.2, 0.25) is 0 Å². The summed E-state index contributed by atoms with van der Waals surface area (Å²) in [6, 6.07) is 6.16. The van der Waals surface area contributed by atoms with Crippen molar-refractivity contribution in [3.05, 3.63) is 47.7 Å². The highest BCUT2D eigenvalue weighted by molar-refractivity contribution is 7.90. The molecule has 0 unspecified atom stereocenters. The van der Waals surface area contributed by atoms with Crippen LogP contribution in [0.4, 0.5) is 4.79 Å². The summed E-state index contributed by atoms with van der Waals surface area (Å²) in [4.78, 5) is 11.4. The van der Waals surface area contributed by atoms with Gasteiger partial charge in [-0.1, -0.05) is 31.5 Å². The Kier molecular flexibility index (Phi) is 6.21. The smallest absolute Gasteiger partial charge is 0.421 e. The maximum atomic E-state index is 11.9. The predicted octanol–water partition coefficient (Wildman–Crippen LogP) is 2.78. The van der Waals surface area contributed by atoms with E-state index in [1.807, 2.05) is 31.6 Å². The predicted molar refractivity (Wildman–Crippen MR) is 80.3 cm³/mol. The van der Waals surface area contributed by atoms with Crippen LogP contribution in [0.25, 0.3) is 0 Å². The van der Waals surface area contributed by atoms with Crippen molar-refractivity contribution in [2.24, 2.45) is 5.92 Å². The maximum Gasteiger partial charge on any atom is 0.421 e. The fraction of sp³-hybridized carbons (Fsp3) is 0.333. The number of amides is 1. The van der Waals surface area contributed by atoms with Gasteiger partial charge in [-0.3, -0.25) is 0 Å². The van der Waals surface area contributed by atoms with Crippen LogP contribution in [0.1, 0.15) is 19.4 Å². The molecular formula is C15H19NO4S. The number of nitrogens with one attached hydrogen (secondary N) is 1. The molecule has 0 saturated carbocycles.